The number of benzene rings is 1. The van der Waals surface area contributed by atoms with Crippen molar-refractivity contribution in [2.24, 2.45) is 11.7 Å². The molecule has 4 rings (SSSR count). The van der Waals surface area contributed by atoms with E-state index in [0.29, 0.717) is 17.7 Å². The Labute approximate surface area is 123 Å². The molecular formula is C16H18N2O3. The predicted octanol–water partition coefficient (Wildman–Crippen LogP) is 1.01. The lowest BCUT2D eigenvalue weighted by Crippen LogP contribution is -2.70. The summed E-state index contributed by atoms with van der Waals surface area (Å²) < 4.78 is 5.68. The summed E-state index contributed by atoms with van der Waals surface area (Å²) in [5, 5.41) is 0. The maximum atomic E-state index is 12.7. The van der Waals surface area contributed by atoms with Crippen LogP contribution >= 0.6 is 0 Å². The van der Waals surface area contributed by atoms with Gasteiger partial charge in [-0.2, -0.15) is 0 Å². The van der Waals surface area contributed by atoms with Gasteiger partial charge in [0, 0.05) is 18.6 Å². The molecule has 1 aromatic rings. The summed E-state index contributed by atoms with van der Waals surface area (Å²) in [7, 11) is 0. The average molecular weight is 286 g/mol. The van der Waals surface area contributed by atoms with Crippen LogP contribution < -0.4 is 5.73 Å². The summed E-state index contributed by atoms with van der Waals surface area (Å²) in [4.78, 5) is 26.8. The molecule has 21 heavy (non-hydrogen) atoms. The zero-order valence-electron chi connectivity index (χ0n) is 12.1. The number of imide groups is 1. The third-order valence-corrected chi connectivity index (χ3v) is 5.19. The molecule has 2 fully saturated rings. The number of fused-ring (bicyclic) bond motifs is 2. The van der Waals surface area contributed by atoms with Crippen molar-refractivity contribution in [3.63, 3.8) is 0 Å². The monoisotopic (exact) mass is 286 g/mol. The Morgan fingerprint density at radius 1 is 1.14 bits per heavy atom. The molecule has 5 nitrogen and oxygen atoms in total. The summed E-state index contributed by atoms with van der Waals surface area (Å²) in [6.07, 6.45) is 0.839. The Morgan fingerprint density at radius 3 is 2.29 bits per heavy atom. The topological polar surface area (TPSA) is 72.6 Å². The lowest BCUT2D eigenvalue weighted by molar-refractivity contribution is -0.0532. The molecule has 2 heterocycles. The highest BCUT2D eigenvalue weighted by Gasteiger charge is 2.59. The lowest BCUT2D eigenvalue weighted by atomic mass is 9.71. The van der Waals surface area contributed by atoms with Crippen molar-refractivity contribution in [1.82, 2.24) is 4.90 Å². The van der Waals surface area contributed by atoms with Gasteiger partial charge in [-0.05, 0) is 31.4 Å². The van der Waals surface area contributed by atoms with Crippen molar-refractivity contribution in [2.75, 3.05) is 6.61 Å². The number of amides is 2. The number of carbonyl (C=O) groups is 2. The highest BCUT2D eigenvalue weighted by atomic mass is 16.5. The van der Waals surface area contributed by atoms with Gasteiger partial charge in [0.2, 0.25) is 0 Å². The van der Waals surface area contributed by atoms with Gasteiger partial charge in [0.05, 0.1) is 23.3 Å². The second kappa shape index (κ2) is 4.15. The smallest absolute Gasteiger partial charge is 0.262 e. The molecule has 1 aromatic carbocycles. The summed E-state index contributed by atoms with van der Waals surface area (Å²) in [6, 6.07) is 3.29. The van der Waals surface area contributed by atoms with Gasteiger partial charge in [0.25, 0.3) is 11.8 Å². The number of nitrogens with two attached hydrogens (primary N) is 1. The van der Waals surface area contributed by atoms with E-state index in [-0.39, 0.29) is 35.9 Å². The molecule has 0 radical (unpaired) electrons. The van der Waals surface area contributed by atoms with Gasteiger partial charge >= 0.3 is 0 Å². The van der Waals surface area contributed by atoms with E-state index in [0.717, 1.165) is 17.5 Å². The van der Waals surface area contributed by atoms with Crippen LogP contribution in [0.4, 0.5) is 0 Å². The molecule has 1 saturated carbocycles. The molecule has 2 N–H and O–H groups in total. The Kier molecular flexibility index (Phi) is 2.56. The van der Waals surface area contributed by atoms with Crippen molar-refractivity contribution < 1.29 is 14.3 Å². The van der Waals surface area contributed by atoms with Crippen LogP contribution in [0.5, 0.6) is 0 Å². The number of nitrogens with zero attached hydrogens (tertiary/aromatic N) is 1. The minimum Gasteiger partial charge on any atom is -0.376 e. The number of hydrogen-bond donors (Lipinski definition) is 1. The highest BCUT2D eigenvalue weighted by molar-refractivity contribution is 6.23. The minimum atomic E-state index is -0.316. The maximum absolute atomic E-state index is 12.7. The van der Waals surface area contributed by atoms with Gasteiger partial charge in [-0.1, -0.05) is 12.1 Å². The Balaban J connectivity index is 1.77. The number of rotatable bonds is 1. The van der Waals surface area contributed by atoms with Crippen molar-refractivity contribution in [2.45, 2.75) is 38.5 Å². The van der Waals surface area contributed by atoms with Gasteiger partial charge in [-0.15, -0.1) is 0 Å². The molecular weight excluding hydrogens is 268 g/mol. The lowest BCUT2D eigenvalue weighted by Gasteiger charge is -2.48. The van der Waals surface area contributed by atoms with E-state index in [4.69, 9.17) is 10.5 Å². The molecule has 2 amide bonds. The van der Waals surface area contributed by atoms with E-state index in [2.05, 4.69) is 0 Å². The zero-order chi connectivity index (χ0) is 14.9. The maximum Gasteiger partial charge on any atom is 0.262 e. The normalized spacial score (nSPS) is 34.0. The molecule has 0 spiro atoms. The van der Waals surface area contributed by atoms with Crippen LogP contribution in [-0.4, -0.2) is 41.5 Å². The second-order valence-electron chi connectivity index (χ2n) is 6.29. The summed E-state index contributed by atoms with van der Waals surface area (Å²) in [6.45, 7) is 4.39. The Hall–Kier alpha value is -1.72. The number of aryl methyl sites for hydroxylation is 2. The fraction of sp³-hybridized carbons (Fsp3) is 0.500. The Bertz CT molecular complexity index is 629. The molecule has 0 aromatic heterocycles. The third kappa shape index (κ3) is 1.48. The molecule has 0 bridgehead atoms. The molecule has 1 aliphatic carbocycles. The van der Waals surface area contributed by atoms with Crippen LogP contribution in [0.3, 0.4) is 0 Å². The fourth-order valence-electron chi connectivity index (χ4n) is 4.00. The first-order valence-corrected chi connectivity index (χ1v) is 7.37. The van der Waals surface area contributed by atoms with Crippen LogP contribution in [0.25, 0.3) is 0 Å². The fourth-order valence-corrected chi connectivity index (χ4v) is 4.00. The largest absolute Gasteiger partial charge is 0.376 e. The van der Waals surface area contributed by atoms with E-state index in [9.17, 15) is 9.59 Å². The van der Waals surface area contributed by atoms with Crippen molar-refractivity contribution in [1.29, 1.82) is 0 Å². The SMILES string of the molecule is Cc1ccc(C)c2c1C(=O)N(C1C(N)C3CCOC31)C2=O. The van der Waals surface area contributed by atoms with Crippen LogP contribution in [-0.2, 0) is 4.74 Å². The van der Waals surface area contributed by atoms with Gasteiger partial charge in [0.15, 0.2) is 0 Å². The summed E-state index contributed by atoms with van der Waals surface area (Å²) >= 11 is 0. The van der Waals surface area contributed by atoms with Crippen molar-refractivity contribution >= 4 is 11.8 Å². The molecule has 5 heteroatoms. The molecule has 1 saturated heterocycles. The van der Waals surface area contributed by atoms with E-state index < -0.39 is 0 Å². The van der Waals surface area contributed by atoms with Gasteiger partial charge in [-0.25, -0.2) is 0 Å². The number of carbonyl (C=O) groups excluding carboxylic acids is 2. The quantitative estimate of drug-likeness (QED) is 0.782. The molecule has 110 valence electrons. The van der Waals surface area contributed by atoms with Gasteiger partial charge < -0.3 is 10.5 Å². The molecule has 4 unspecified atom stereocenters. The first-order valence-electron chi connectivity index (χ1n) is 7.37. The van der Waals surface area contributed by atoms with E-state index in [1.807, 2.05) is 26.0 Å². The van der Waals surface area contributed by atoms with E-state index in [1.165, 1.54) is 4.90 Å². The van der Waals surface area contributed by atoms with E-state index >= 15 is 0 Å². The van der Waals surface area contributed by atoms with Gasteiger partial charge in [-0.3, -0.25) is 14.5 Å². The number of ether oxygens (including phenoxy) is 1. The average Bonchev–Trinajstić information content (AvgIpc) is 2.99. The molecule has 2 aliphatic heterocycles. The van der Waals surface area contributed by atoms with Crippen LogP contribution in [0, 0.1) is 19.8 Å². The Morgan fingerprint density at radius 2 is 1.71 bits per heavy atom. The standard InChI is InChI=1S/C16H18N2O3/c1-7-3-4-8(2)11-10(7)15(19)18(16(11)20)13-12(17)9-5-6-21-14(9)13/h3-4,9,12-14H,5-6,17H2,1-2H3. The molecule has 3 aliphatic rings. The second-order valence-corrected chi connectivity index (χ2v) is 6.29. The highest BCUT2D eigenvalue weighted by Crippen LogP contribution is 2.43. The van der Waals surface area contributed by atoms with Crippen molar-refractivity contribution in [3.8, 4) is 0 Å². The van der Waals surface area contributed by atoms with Gasteiger partial charge in [0.1, 0.15) is 0 Å². The molecule has 4 atom stereocenters. The van der Waals surface area contributed by atoms with Crippen LogP contribution in [0.1, 0.15) is 38.3 Å². The third-order valence-electron chi connectivity index (χ3n) is 5.19. The first-order chi connectivity index (χ1) is 10.0. The zero-order valence-corrected chi connectivity index (χ0v) is 12.1. The minimum absolute atomic E-state index is 0.0807. The predicted molar refractivity (Wildman–Crippen MR) is 76.0 cm³/mol. The summed E-state index contributed by atoms with van der Waals surface area (Å²) in [5.41, 5.74) is 8.95. The van der Waals surface area contributed by atoms with E-state index in [1.54, 1.807) is 0 Å². The van der Waals surface area contributed by atoms with Crippen LogP contribution in [0.15, 0.2) is 12.1 Å². The number of hydrogen-bond acceptors (Lipinski definition) is 4. The van der Waals surface area contributed by atoms with Crippen LogP contribution in [0.2, 0.25) is 0 Å². The van der Waals surface area contributed by atoms with Crippen molar-refractivity contribution in [3.05, 3.63) is 34.4 Å². The summed E-state index contributed by atoms with van der Waals surface area (Å²) in [5.74, 6) is -0.155. The first kappa shape index (κ1) is 13.0.